The van der Waals surface area contributed by atoms with E-state index >= 15 is 0 Å². The minimum atomic E-state index is 0.259. The number of rotatable bonds is 4. The molecule has 1 heterocycles. The molecule has 1 rings (SSSR count). The molecule has 1 aromatic heterocycles. The Bertz CT molecular complexity index is 267. The van der Waals surface area contributed by atoms with Crippen LogP contribution in [0, 0.1) is 5.92 Å². The van der Waals surface area contributed by atoms with Crippen molar-refractivity contribution in [3.8, 4) is 0 Å². The van der Waals surface area contributed by atoms with Crippen LogP contribution in [0.15, 0.2) is 24.5 Å². The number of pyridine rings is 1. The summed E-state index contributed by atoms with van der Waals surface area (Å²) >= 11 is 0. The molecular formula is C11H17NS. The maximum atomic E-state index is 4.17. The zero-order valence-corrected chi connectivity index (χ0v) is 9.18. The van der Waals surface area contributed by atoms with Crippen LogP contribution in [0.4, 0.5) is 0 Å². The smallest absolute Gasteiger partial charge is 0.0308 e. The molecule has 1 aromatic rings. The maximum absolute atomic E-state index is 4.17. The Morgan fingerprint density at radius 1 is 1.54 bits per heavy atom. The van der Waals surface area contributed by atoms with Gasteiger partial charge in [0.1, 0.15) is 0 Å². The summed E-state index contributed by atoms with van der Waals surface area (Å²) in [7, 11) is 0.259. The van der Waals surface area contributed by atoms with Crippen LogP contribution in [0.25, 0.3) is 0 Å². The molecule has 0 aliphatic carbocycles. The average Bonchev–Trinajstić information content (AvgIpc) is 2.04. The zero-order valence-electron chi connectivity index (χ0n) is 8.36. The van der Waals surface area contributed by atoms with Crippen LogP contribution in [0.1, 0.15) is 19.4 Å². The van der Waals surface area contributed by atoms with Gasteiger partial charge in [0, 0.05) is 18.1 Å². The molecule has 0 bridgehead atoms. The summed E-state index contributed by atoms with van der Waals surface area (Å²) in [6, 6.07) is 4.11. The fourth-order valence-electron chi connectivity index (χ4n) is 1.25. The standard InChI is InChI=1S/C11H17NS/c1-10(2)8-13(3)9-11-5-4-6-12-7-11/h4-7,10H,3,8-9H2,1-2H3. The highest BCUT2D eigenvalue weighted by Crippen LogP contribution is 2.20. The van der Waals surface area contributed by atoms with E-state index in [4.69, 9.17) is 0 Å². The third kappa shape index (κ3) is 4.23. The minimum Gasteiger partial charge on any atom is -0.264 e. The minimum absolute atomic E-state index is 0.259. The van der Waals surface area contributed by atoms with Crippen molar-refractivity contribution < 1.29 is 0 Å². The van der Waals surface area contributed by atoms with Gasteiger partial charge in [-0.05, 0) is 23.3 Å². The first-order valence-corrected chi connectivity index (χ1v) is 6.27. The fraction of sp³-hybridized carbons (Fsp3) is 0.455. The van der Waals surface area contributed by atoms with Gasteiger partial charge in [-0.2, -0.15) is 10.5 Å². The molecular weight excluding hydrogens is 178 g/mol. The van der Waals surface area contributed by atoms with E-state index < -0.39 is 0 Å². The Morgan fingerprint density at radius 2 is 2.31 bits per heavy atom. The molecule has 0 aliphatic rings. The number of hydrogen-bond donors (Lipinski definition) is 0. The predicted molar refractivity (Wildman–Crippen MR) is 62.4 cm³/mol. The lowest BCUT2D eigenvalue weighted by Gasteiger charge is -2.09. The number of aromatic nitrogens is 1. The van der Waals surface area contributed by atoms with Gasteiger partial charge in [-0.15, -0.1) is 0 Å². The summed E-state index contributed by atoms with van der Waals surface area (Å²) in [6.45, 7) is 4.49. The molecule has 1 nitrogen and oxygen atoms in total. The SMILES string of the molecule is C=S(Cc1cccnc1)CC(C)C. The van der Waals surface area contributed by atoms with Gasteiger partial charge in [-0.3, -0.25) is 4.98 Å². The summed E-state index contributed by atoms with van der Waals surface area (Å²) in [5, 5.41) is 0. The second-order valence-electron chi connectivity index (χ2n) is 3.68. The molecule has 1 unspecified atom stereocenters. The highest BCUT2D eigenvalue weighted by molar-refractivity contribution is 8.13. The predicted octanol–water partition coefficient (Wildman–Crippen LogP) is 2.94. The molecule has 13 heavy (non-hydrogen) atoms. The normalized spacial score (nSPS) is 13.2. The van der Waals surface area contributed by atoms with E-state index in [-0.39, 0.29) is 10.5 Å². The highest BCUT2D eigenvalue weighted by Gasteiger charge is 1.98. The topological polar surface area (TPSA) is 12.9 Å². The van der Waals surface area contributed by atoms with Crippen LogP contribution >= 0.6 is 10.5 Å². The van der Waals surface area contributed by atoms with Gasteiger partial charge in [0.25, 0.3) is 0 Å². The van der Waals surface area contributed by atoms with E-state index in [0.717, 1.165) is 11.7 Å². The fourth-order valence-corrected chi connectivity index (χ4v) is 2.95. The zero-order chi connectivity index (χ0) is 9.68. The van der Waals surface area contributed by atoms with Crippen molar-refractivity contribution >= 4 is 16.4 Å². The third-order valence-electron chi connectivity index (χ3n) is 1.66. The van der Waals surface area contributed by atoms with Gasteiger partial charge in [0.05, 0.1) is 0 Å². The van der Waals surface area contributed by atoms with Gasteiger partial charge in [0.2, 0.25) is 0 Å². The second-order valence-corrected chi connectivity index (χ2v) is 5.53. The molecule has 0 spiro atoms. The largest absolute Gasteiger partial charge is 0.264 e. The van der Waals surface area contributed by atoms with Crippen LogP contribution in [-0.2, 0) is 5.75 Å². The first-order chi connectivity index (χ1) is 6.18. The lowest BCUT2D eigenvalue weighted by atomic mass is 10.3. The first-order valence-electron chi connectivity index (χ1n) is 4.54. The van der Waals surface area contributed by atoms with Gasteiger partial charge >= 0.3 is 0 Å². The summed E-state index contributed by atoms with van der Waals surface area (Å²) < 4.78 is 0. The maximum Gasteiger partial charge on any atom is 0.0308 e. The van der Waals surface area contributed by atoms with Crippen LogP contribution in [-0.4, -0.2) is 16.6 Å². The lowest BCUT2D eigenvalue weighted by molar-refractivity contribution is 0.749. The summed E-state index contributed by atoms with van der Waals surface area (Å²) in [4.78, 5) is 4.09. The lowest BCUT2D eigenvalue weighted by Crippen LogP contribution is -1.95. The number of hydrogen-bond acceptors (Lipinski definition) is 1. The van der Waals surface area contributed by atoms with Gasteiger partial charge < -0.3 is 0 Å². The van der Waals surface area contributed by atoms with E-state index in [1.165, 1.54) is 11.3 Å². The molecule has 0 fully saturated rings. The summed E-state index contributed by atoms with van der Waals surface area (Å²) in [6.07, 6.45) is 3.75. The van der Waals surface area contributed by atoms with Crippen molar-refractivity contribution in [1.82, 2.24) is 4.98 Å². The highest BCUT2D eigenvalue weighted by atomic mass is 32.2. The van der Waals surface area contributed by atoms with Crippen molar-refractivity contribution in [1.29, 1.82) is 0 Å². The monoisotopic (exact) mass is 195 g/mol. The van der Waals surface area contributed by atoms with Gasteiger partial charge in [-0.1, -0.05) is 25.8 Å². The van der Waals surface area contributed by atoms with Crippen LogP contribution in [0.2, 0.25) is 0 Å². The molecule has 2 heteroatoms. The molecule has 0 radical (unpaired) electrons. The van der Waals surface area contributed by atoms with E-state index in [2.05, 4.69) is 30.8 Å². The van der Waals surface area contributed by atoms with E-state index in [1.54, 1.807) is 0 Å². The van der Waals surface area contributed by atoms with Gasteiger partial charge in [-0.25, -0.2) is 0 Å². The van der Waals surface area contributed by atoms with Crippen molar-refractivity contribution in [2.75, 3.05) is 5.75 Å². The molecule has 0 amide bonds. The molecule has 72 valence electrons. The van der Waals surface area contributed by atoms with Crippen LogP contribution < -0.4 is 0 Å². The molecule has 0 saturated heterocycles. The Kier molecular flexibility index (Phi) is 4.16. The summed E-state index contributed by atoms with van der Waals surface area (Å²) in [5.74, 6) is 7.21. The molecule has 0 aliphatic heterocycles. The van der Waals surface area contributed by atoms with Gasteiger partial charge in [0.15, 0.2) is 0 Å². The summed E-state index contributed by atoms with van der Waals surface area (Å²) in [5.41, 5.74) is 1.31. The molecule has 1 atom stereocenters. The Hall–Kier alpha value is -0.630. The molecule has 0 aromatic carbocycles. The van der Waals surface area contributed by atoms with Crippen molar-refractivity contribution in [3.63, 3.8) is 0 Å². The molecule has 0 saturated carbocycles. The quantitative estimate of drug-likeness (QED) is 0.673. The Morgan fingerprint density at radius 3 is 2.85 bits per heavy atom. The third-order valence-corrected chi connectivity index (χ3v) is 3.54. The van der Waals surface area contributed by atoms with Crippen molar-refractivity contribution in [3.05, 3.63) is 30.1 Å². The molecule has 0 N–H and O–H groups in total. The Balaban J connectivity index is 2.46. The van der Waals surface area contributed by atoms with E-state index in [0.29, 0.717) is 0 Å². The number of nitrogens with zero attached hydrogens (tertiary/aromatic N) is 1. The van der Waals surface area contributed by atoms with E-state index in [9.17, 15) is 0 Å². The van der Waals surface area contributed by atoms with Crippen molar-refractivity contribution in [2.24, 2.45) is 5.92 Å². The van der Waals surface area contributed by atoms with Crippen LogP contribution in [0.3, 0.4) is 0 Å². The second kappa shape index (κ2) is 5.18. The van der Waals surface area contributed by atoms with Crippen molar-refractivity contribution in [2.45, 2.75) is 19.6 Å². The average molecular weight is 195 g/mol. The van der Waals surface area contributed by atoms with Crippen LogP contribution in [0.5, 0.6) is 0 Å². The Labute approximate surface area is 83.1 Å². The van der Waals surface area contributed by atoms with E-state index in [1.807, 2.05) is 18.5 Å². The first kappa shape index (κ1) is 10.5.